The molecule has 0 spiro atoms. The molecule has 1 amide bonds. The number of ether oxygens (including phenoxy) is 1. The summed E-state index contributed by atoms with van der Waals surface area (Å²) in [7, 11) is 0. The van der Waals surface area contributed by atoms with Gasteiger partial charge < -0.3 is 10.1 Å². The lowest BCUT2D eigenvalue weighted by Gasteiger charge is -2.19. The fourth-order valence-corrected chi connectivity index (χ4v) is 3.40. The van der Waals surface area contributed by atoms with Crippen molar-refractivity contribution in [3.05, 3.63) is 0 Å². The lowest BCUT2D eigenvalue weighted by atomic mass is 9.98. The predicted molar refractivity (Wildman–Crippen MR) is 67.7 cm³/mol. The molecule has 3 nitrogen and oxygen atoms in total. The van der Waals surface area contributed by atoms with Crippen molar-refractivity contribution in [2.24, 2.45) is 11.8 Å². The van der Waals surface area contributed by atoms with E-state index in [1.165, 1.54) is 32.1 Å². The fraction of sp³-hybridized carbons (Fsp3) is 0.929. The third-order valence-electron chi connectivity index (χ3n) is 4.30. The average molecular weight is 239 g/mol. The molecule has 0 unspecified atom stereocenters. The molecule has 2 aliphatic carbocycles. The molecular formula is C14H25NO2. The summed E-state index contributed by atoms with van der Waals surface area (Å²) in [6.07, 6.45) is 8.70. The molecule has 0 aromatic carbocycles. The second-order valence-corrected chi connectivity index (χ2v) is 5.51. The highest BCUT2D eigenvalue weighted by atomic mass is 16.5. The van der Waals surface area contributed by atoms with E-state index >= 15 is 0 Å². The van der Waals surface area contributed by atoms with Crippen LogP contribution in [0.15, 0.2) is 0 Å². The second kappa shape index (κ2) is 6.39. The number of unbranched alkanes of at least 4 members (excludes halogenated alkanes) is 1. The van der Waals surface area contributed by atoms with Crippen molar-refractivity contribution >= 4 is 5.91 Å². The van der Waals surface area contributed by atoms with E-state index in [0.29, 0.717) is 12.6 Å². The minimum absolute atomic E-state index is 0.0821. The first kappa shape index (κ1) is 12.9. The minimum Gasteiger partial charge on any atom is -0.372 e. The molecule has 1 N–H and O–H groups in total. The van der Waals surface area contributed by atoms with Gasteiger partial charge in [-0.25, -0.2) is 0 Å². The highest BCUT2D eigenvalue weighted by Gasteiger charge is 2.39. The highest BCUT2D eigenvalue weighted by molar-refractivity contribution is 5.77. The Labute approximate surface area is 104 Å². The third kappa shape index (κ3) is 3.44. The molecule has 0 aromatic heterocycles. The summed E-state index contributed by atoms with van der Waals surface area (Å²) in [5.74, 6) is 1.73. The number of carbonyl (C=O) groups excluding carboxylic acids is 1. The molecule has 0 aliphatic heterocycles. The van der Waals surface area contributed by atoms with Crippen molar-refractivity contribution in [2.75, 3.05) is 13.2 Å². The van der Waals surface area contributed by atoms with Gasteiger partial charge in [0.25, 0.3) is 0 Å². The number of nitrogens with one attached hydrogen (secondary N) is 1. The van der Waals surface area contributed by atoms with Gasteiger partial charge in [-0.1, -0.05) is 26.2 Å². The van der Waals surface area contributed by atoms with Gasteiger partial charge in [-0.3, -0.25) is 4.79 Å². The van der Waals surface area contributed by atoms with E-state index < -0.39 is 0 Å². The third-order valence-corrected chi connectivity index (χ3v) is 4.30. The first-order valence-corrected chi connectivity index (χ1v) is 7.18. The molecule has 3 heteroatoms. The lowest BCUT2D eigenvalue weighted by Crippen LogP contribution is -2.39. The lowest BCUT2D eigenvalue weighted by molar-refractivity contribution is -0.126. The topological polar surface area (TPSA) is 38.3 Å². The van der Waals surface area contributed by atoms with Crippen molar-refractivity contribution in [3.63, 3.8) is 0 Å². The van der Waals surface area contributed by atoms with Crippen LogP contribution in [0.3, 0.4) is 0 Å². The van der Waals surface area contributed by atoms with Crippen LogP contribution in [0.1, 0.15) is 51.9 Å². The van der Waals surface area contributed by atoms with Crippen molar-refractivity contribution in [3.8, 4) is 0 Å². The van der Waals surface area contributed by atoms with Crippen LogP contribution in [0.4, 0.5) is 0 Å². The van der Waals surface area contributed by atoms with Gasteiger partial charge in [0.15, 0.2) is 0 Å². The zero-order valence-corrected chi connectivity index (χ0v) is 10.9. The number of rotatable bonds is 6. The molecule has 0 heterocycles. The molecule has 17 heavy (non-hydrogen) atoms. The molecule has 2 saturated carbocycles. The van der Waals surface area contributed by atoms with Crippen LogP contribution < -0.4 is 5.32 Å². The summed E-state index contributed by atoms with van der Waals surface area (Å²) < 4.78 is 5.35. The highest BCUT2D eigenvalue weighted by Crippen LogP contribution is 2.43. The largest absolute Gasteiger partial charge is 0.372 e. The maximum Gasteiger partial charge on any atom is 0.246 e. The summed E-state index contributed by atoms with van der Waals surface area (Å²) in [6.45, 7) is 3.08. The van der Waals surface area contributed by atoms with E-state index in [1.54, 1.807) is 0 Å². The Balaban J connectivity index is 1.65. The van der Waals surface area contributed by atoms with Crippen molar-refractivity contribution in [1.29, 1.82) is 0 Å². The number of hydrogen-bond donors (Lipinski definition) is 1. The maximum atomic E-state index is 11.7. The van der Waals surface area contributed by atoms with Crippen molar-refractivity contribution in [1.82, 2.24) is 5.32 Å². The van der Waals surface area contributed by atoms with E-state index in [2.05, 4.69) is 12.2 Å². The predicted octanol–water partition coefficient (Wildman–Crippen LogP) is 2.50. The van der Waals surface area contributed by atoms with E-state index in [4.69, 9.17) is 4.74 Å². The first-order chi connectivity index (χ1) is 8.31. The Morgan fingerprint density at radius 1 is 1.29 bits per heavy atom. The van der Waals surface area contributed by atoms with Crippen LogP contribution >= 0.6 is 0 Å². The van der Waals surface area contributed by atoms with E-state index in [-0.39, 0.29) is 12.5 Å². The number of hydrogen-bond acceptors (Lipinski definition) is 2. The average Bonchev–Trinajstić information content (AvgIpc) is 2.89. The van der Waals surface area contributed by atoms with Gasteiger partial charge in [0.1, 0.15) is 6.61 Å². The SMILES string of the molecule is CCCCOCC(=O)N[C@@H]1CC[C@H]2CCC[C@H]21. The number of fused-ring (bicyclic) bond motifs is 1. The van der Waals surface area contributed by atoms with Crippen LogP contribution in [0.25, 0.3) is 0 Å². The van der Waals surface area contributed by atoms with Crippen LogP contribution in [0.5, 0.6) is 0 Å². The van der Waals surface area contributed by atoms with Gasteiger partial charge >= 0.3 is 0 Å². The summed E-state index contributed by atoms with van der Waals surface area (Å²) in [5.41, 5.74) is 0. The molecule has 0 aromatic rings. The molecule has 2 rings (SSSR count). The zero-order valence-electron chi connectivity index (χ0n) is 10.9. The molecule has 2 fully saturated rings. The zero-order chi connectivity index (χ0) is 12.1. The maximum absolute atomic E-state index is 11.7. The Hall–Kier alpha value is -0.570. The Bertz CT molecular complexity index is 255. The first-order valence-electron chi connectivity index (χ1n) is 7.18. The summed E-state index contributed by atoms with van der Waals surface area (Å²) in [6, 6.07) is 0.435. The molecule has 3 atom stereocenters. The Morgan fingerprint density at radius 3 is 3.00 bits per heavy atom. The molecule has 0 radical (unpaired) electrons. The number of carbonyl (C=O) groups is 1. The van der Waals surface area contributed by atoms with Crippen molar-refractivity contribution in [2.45, 2.75) is 57.9 Å². The molecular weight excluding hydrogens is 214 g/mol. The Kier molecular flexibility index (Phi) is 4.84. The summed E-state index contributed by atoms with van der Waals surface area (Å²) >= 11 is 0. The van der Waals surface area contributed by atoms with Gasteiger partial charge in [-0.05, 0) is 37.5 Å². The standard InChI is InChI=1S/C14H25NO2/c1-2-3-9-17-10-14(16)15-13-8-7-11-5-4-6-12(11)13/h11-13H,2-10H2,1H3,(H,15,16)/t11-,12-,13-/m1/s1. The normalized spacial score (nSPS) is 31.5. The van der Waals surface area contributed by atoms with E-state index in [9.17, 15) is 4.79 Å². The van der Waals surface area contributed by atoms with Crippen LogP contribution in [-0.2, 0) is 9.53 Å². The van der Waals surface area contributed by atoms with Gasteiger partial charge in [0.05, 0.1) is 0 Å². The van der Waals surface area contributed by atoms with Crippen LogP contribution in [0, 0.1) is 11.8 Å². The molecule has 0 saturated heterocycles. The minimum atomic E-state index is 0.0821. The fourth-order valence-electron chi connectivity index (χ4n) is 3.40. The summed E-state index contributed by atoms with van der Waals surface area (Å²) in [4.78, 5) is 11.7. The second-order valence-electron chi connectivity index (χ2n) is 5.51. The number of amides is 1. The van der Waals surface area contributed by atoms with Gasteiger partial charge in [0.2, 0.25) is 5.91 Å². The quantitative estimate of drug-likeness (QED) is 0.723. The monoisotopic (exact) mass is 239 g/mol. The molecule has 0 bridgehead atoms. The van der Waals surface area contributed by atoms with Crippen LogP contribution in [0.2, 0.25) is 0 Å². The summed E-state index contributed by atoms with van der Waals surface area (Å²) in [5, 5.41) is 3.16. The van der Waals surface area contributed by atoms with E-state index in [0.717, 1.165) is 24.7 Å². The van der Waals surface area contributed by atoms with Crippen molar-refractivity contribution < 1.29 is 9.53 Å². The Morgan fingerprint density at radius 2 is 2.18 bits per heavy atom. The van der Waals surface area contributed by atoms with E-state index in [1.807, 2.05) is 0 Å². The smallest absolute Gasteiger partial charge is 0.246 e. The van der Waals surface area contributed by atoms with Gasteiger partial charge in [0, 0.05) is 12.6 Å². The molecule has 98 valence electrons. The molecule has 2 aliphatic rings. The van der Waals surface area contributed by atoms with Gasteiger partial charge in [-0.2, -0.15) is 0 Å². The van der Waals surface area contributed by atoms with Crippen LogP contribution in [-0.4, -0.2) is 25.2 Å². The van der Waals surface area contributed by atoms with Gasteiger partial charge in [-0.15, -0.1) is 0 Å².